The van der Waals surface area contributed by atoms with Crippen molar-refractivity contribution in [3.05, 3.63) is 40.9 Å². The first-order valence-electron chi connectivity index (χ1n) is 11.7. The lowest BCUT2D eigenvalue weighted by Gasteiger charge is -2.23. The molecule has 0 radical (unpaired) electrons. The lowest BCUT2D eigenvalue weighted by Crippen LogP contribution is -2.18. The fraction of sp³-hybridized carbons (Fsp3) is 0.423. The first kappa shape index (κ1) is 22.8. The zero-order valence-electron chi connectivity index (χ0n) is 19.7. The second-order valence-corrected chi connectivity index (χ2v) is 7.75. The number of phenolic OH excluding ortho intramolecular Hbond substituents is 1. The molecular weight excluding hydrogens is 422 g/mol. The highest BCUT2D eigenvalue weighted by Gasteiger charge is 2.27. The van der Waals surface area contributed by atoms with Crippen LogP contribution in [0.1, 0.15) is 51.9 Å². The second kappa shape index (κ2) is 10.1. The van der Waals surface area contributed by atoms with Crippen LogP contribution in [-0.2, 0) is 17.9 Å². The van der Waals surface area contributed by atoms with Crippen LogP contribution in [0.15, 0.2) is 33.8 Å². The highest BCUT2D eigenvalue weighted by atomic mass is 16.6. The first-order chi connectivity index (χ1) is 16.1. The quantitative estimate of drug-likeness (QED) is 0.419. The van der Waals surface area contributed by atoms with Crippen LogP contribution in [-0.4, -0.2) is 24.9 Å². The topological polar surface area (TPSA) is 82.7 Å². The molecule has 0 atom stereocenters. The third-order valence-corrected chi connectivity index (χ3v) is 5.57. The molecule has 7 heteroatoms. The van der Waals surface area contributed by atoms with Gasteiger partial charge in [-0.25, -0.2) is 0 Å². The summed E-state index contributed by atoms with van der Waals surface area (Å²) < 4.78 is 24.1. The van der Waals surface area contributed by atoms with E-state index >= 15 is 0 Å². The molecule has 4 rings (SSSR count). The van der Waals surface area contributed by atoms with Crippen LogP contribution >= 0.6 is 0 Å². The fourth-order valence-corrected chi connectivity index (χ4v) is 4.10. The molecule has 1 aliphatic heterocycles. The van der Waals surface area contributed by atoms with Gasteiger partial charge in [0.1, 0.15) is 35.7 Å². The Kier molecular flexibility index (Phi) is 6.96. The van der Waals surface area contributed by atoms with E-state index in [0.717, 1.165) is 34.9 Å². The number of benzene rings is 2. The third-order valence-electron chi connectivity index (χ3n) is 5.57. The number of unbranched alkanes of at least 4 members (excludes halogenated alkanes) is 1. The van der Waals surface area contributed by atoms with Gasteiger partial charge in [-0.05, 0) is 51.8 Å². The summed E-state index contributed by atoms with van der Waals surface area (Å²) in [5.41, 5.74) is 2.99. The number of hydrogen-bond acceptors (Lipinski definition) is 7. The summed E-state index contributed by atoms with van der Waals surface area (Å²) in [6, 6.07) is 7.29. The van der Waals surface area contributed by atoms with Crippen LogP contribution in [0, 0.1) is 0 Å². The maximum atomic E-state index is 10.6. The molecular formula is C26H31NO6. The number of fused-ring (bicyclic) bond motifs is 4. The molecule has 1 aromatic heterocycles. The van der Waals surface area contributed by atoms with E-state index in [1.165, 1.54) is 0 Å². The molecule has 176 valence electrons. The van der Waals surface area contributed by atoms with E-state index in [-0.39, 0.29) is 12.4 Å². The molecule has 1 aliphatic rings. The van der Waals surface area contributed by atoms with Gasteiger partial charge in [0.15, 0.2) is 17.3 Å². The SMILES string of the molecule is CCCCc1c(O)ccc2/c(=N\OCC)c3c(oc12)COc1cc(OCC)c(OCC)cc1-3. The Morgan fingerprint density at radius 3 is 2.45 bits per heavy atom. The van der Waals surface area contributed by atoms with Gasteiger partial charge < -0.3 is 28.6 Å². The smallest absolute Gasteiger partial charge is 0.164 e. The van der Waals surface area contributed by atoms with Crippen LogP contribution < -0.4 is 19.6 Å². The fourth-order valence-electron chi connectivity index (χ4n) is 4.10. The molecule has 0 spiro atoms. The minimum Gasteiger partial charge on any atom is -0.508 e. The Labute approximate surface area is 193 Å². The average Bonchev–Trinajstić information content (AvgIpc) is 2.82. The molecule has 1 N–H and O–H groups in total. The third kappa shape index (κ3) is 4.32. The molecule has 0 aliphatic carbocycles. The average molecular weight is 454 g/mol. The largest absolute Gasteiger partial charge is 0.508 e. The Morgan fingerprint density at radius 1 is 1.00 bits per heavy atom. The van der Waals surface area contributed by atoms with Gasteiger partial charge in [-0.2, -0.15) is 0 Å². The van der Waals surface area contributed by atoms with Gasteiger partial charge in [0.2, 0.25) is 0 Å². The van der Waals surface area contributed by atoms with E-state index in [1.807, 2.05) is 39.0 Å². The summed E-state index contributed by atoms with van der Waals surface area (Å²) in [5, 5.41) is 16.5. The second-order valence-electron chi connectivity index (χ2n) is 7.75. The predicted molar refractivity (Wildman–Crippen MR) is 126 cm³/mol. The van der Waals surface area contributed by atoms with Crippen molar-refractivity contribution in [2.75, 3.05) is 19.8 Å². The highest BCUT2D eigenvalue weighted by molar-refractivity contribution is 5.88. The van der Waals surface area contributed by atoms with Crippen molar-refractivity contribution in [1.29, 1.82) is 0 Å². The summed E-state index contributed by atoms with van der Waals surface area (Å²) in [6.45, 7) is 9.56. The van der Waals surface area contributed by atoms with E-state index in [4.69, 9.17) is 23.5 Å². The van der Waals surface area contributed by atoms with Crippen molar-refractivity contribution in [2.24, 2.45) is 5.16 Å². The van der Waals surface area contributed by atoms with E-state index in [0.29, 0.717) is 60.2 Å². The molecule has 0 bridgehead atoms. The van der Waals surface area contributed by atoms with Crippen LogP contribution in [0.25, 0.3) is 22.1 Å². The highest BCUT2D eigenvalue weighted by Crippen LogP contribution is 2.44. The van der Waals surface area contributed by atoms with Crippen LogP contribution in [0.4, 0.5) is 0 Å². The number of nitrogens with zero attached hydrogens (tertiary/aromatic N) is 1. The van der Waals surface area contributed by atoms with Crippen LogP contribution in [0.2, 0.25) is 0 Å². The van der Waals surface area contributed by atoms with Crippen molar-refractivity contribution in [3.8, 4) is 34.1 Å². The zero-order valence-corrected chi connectivity index (χ0v) is 19.7. The number of aromatic hydroxyl groups is 1. The maximum Gasteiger partial charge on any atom is 0.164 e. The van der Waals surface area contributed by atoms with E-state index in [1.54, 1.807) is 6.07 Å². The van der Waals surface area contributed by atoms with Crippen molar-refractivity contribution in [1.82, 2.24) is 0 Å². The molecule has 7 nitrogen and oxygen atoms in total. The Bertz CT molecular complexity index is 1210. The summed E-state index contributed by atoms with van der Waals surface area (Å²) >= 11 is 0. The molecule has 2 heterocycles. The standard InChI is InChI=1S/C26H31NO6/c1-5-9-10-16-19(28)12-11-17-25(27-32-8-4)24-18-13-21(29-6-2)22(30-7-3)14-20(18)31-15-23(24)33-26(16)17/h11-14,28H,5-10,15H2,1-4H3/b27-25+. The van der Waals surface area contributed by atoms with E-state index in [9.17, 15) is 5.11 Å². The molecule has 0 saturated carbocycles. The van der Waals surface area contributed by atoms with Gasteiger partial charge in [-0.1, -0.05) is 18.5 Å². The molecule has 2 aromatic carbocycles. The minimum absolute atomic E-state index is 0.221. The number of phenols is 1. The van der Waals surface area contributed by atoms with Crippen LogP contribution in [0.3, 0.4) is 0 Å². The molecule has 0 fully saturated rings. The first-order valence-corrected chi connectivity index (χ1v) is 11.7. The van der Waals surface area contributed by atoms with Gasteiger partial charge in [0.25, 0.3) is 0 Å². The van der Waals surface area contributed by atoms with Crippen molar-refractivity contribution in [2.45, 2.75) is 53.6 Å². The Balaban J connectivity index is 2.02. The van der Waals surface area contributed by atoms with E-state index < -0.39 is 0 Å². The minimum atomic E-state index is 0.221. The lowest BCUT2D eigenvalue weighted by atomic mass is 9.96. The summed E-state index contributed by atoms with van der Waals surface area (Å²) in [6.07, 6.45) is 2.66. The maximum absolute atomic E-state index is 10.6. The Morgan fingerprint density at radius 2 is 1.76 bits per heavy atom. The van der Waals surface area contributed by atoms with Crippen molar-refractivity contribution >= 4 is 11.0 Å². The van der Waals surface area contributed by atoms with Gasteiger partial charge >= 0.3 is 0 Å². The molecule has 3 aromatic rings. The number of ether oxygens (including phenoxy) is 3. The normalized spacial score (nSPS) is 12.8. The molecule has 0 saturated heterocycles. The van der Waals surface area contributed by atoms with Gasteiger partial charge in [-0.15, -0.1) is 0 Å². The monoisotopic (exact) mass is 453 g/mol. The number of rotatable bonds is 9. The summed E-state index contributed by atoms with van der Waals surface area (Å²) in [5.74, 6) is 2.78. The predicted octanol–water partition coefficient (Wildman–Crippen LogP) is 5.69. The number of hydrogen-bond donors (Lipinski definition) is 1. The molecule has 33 heavy (non-hydrogen) atoms. The van der Waals surface area contributed by atoms with Gasteiger partial charge in [0.05, 0.1) is 18.8 Å². The summed E-state index contributed by atoms with van der Waals surface area (Å²) in [7, 11) is 0. The van der Waals surface area contributed by atoms with Gasteiger partial charge in [0, 0.05) is 22.6 Å². The van der Waals surface area contributed by atoms with Gasteiger partial charge in [-0.3, -0.25) is 0 Å². The Hall–Kier alpha value is -3.35. The number of aryl methyl sites for hydroxylation is 1. The van der Waals surface area contributed by atoms with Crippen molar-refractivity contribution < 1.29 is 28.6 Å². The molecule has 0 unspecified atom stereocenters. The zero-order chi connectivity index (χ0) is 23.4. The van der Waals surface area contributed by atoms with Crippen LogP contribution in [0.5, 0.6) is 23.0 Å². The van der Waals surface area contributed by atoms with Crippen molar-refractivity contribution in [3.63, 3.8) is 0 Å². The van der Waals surface area contributed by atoms with E-state index in [2.05, 4.69) is 12.1 Å². The molecule has 0 amide bonds. The lowest BCUT2D eigenvalue weighted by molar-refractivity contribution is 0.148. The summed E-state index contributed by atoms with van der Waals surface area (Å²) in [4.78, 5) is 5.52.